The van der Waals surface area contributed by atoms with Crippen molar-refractivity contribution in [2.45, 2.75) is 33.1 Å². The number of likely N-dealkylation sites (tertiary alicyclic amines) is 1. The topological polar surface area (TPSA) is 64.6 Å². The van der Waals surface area contributed by atoms with Gasteiger partial charge in [0.05, 0.1) is 6.61 Å². The van der Waals surface area contributed by atoms with Crippen LogP contribution in [0.3, 0.4) is 0 Å². The number of unbranched alkanes of at least 4 members (excludes halogenated alkanes) is 1. The first-order valence-electron chi connectivity index (χ1n) is 7.46. The molecule has 0 radical (unpaired) electrons. The predicted octanol–water partition coefficient (Wildman–Crippen LogP) is 1.04. The Labute approximate surface area is 116 Å². The number of nitrogens with zero attached hydrogens (tertiary/aromatic N) is 1. The summed E-state index contributed by atoms with van der Waals surface area (Å²) >= 11 is 0. The van der Waals surface area contributed by atoms with Gasteiger partial charge in [-0.25, -0.2) is 4.79 Å². The zero-order valence-electron chi connectivity index (χ0n) is 12.3. The number of rotatable bonds is 7. The Morgan fingerprint density at radius 1 is 1.16 bits per heavy atom. The second kappa shape index (κ2) is 9.15. The molecule has 5 nitrogen and oxygen atoms in total. The maximum absolute atomic E-state index is 11.2. The fourth-order valence-electron chi connectivity index (χ4n) is 2.87. The van der Waals surface area contributed by atoms with Crippen LogP contribution in [-0.2, 0) is 0 Å². The van der Waals surface area contributed by atoms with E-state index in [9.17, 15) is 4.79 Å². The van der Waals surface area contributed by atoms with Gasteiger partial charge in [-0.3, -0.25) is 0 Å². The van der Waals surface area contributed by atoms with Crippen molar-refractivity contribution in [2.75, 3.05) is 39.3 Å². The Bertz CT molecular complexity index is 251. The maximum atomic E-state index is 11.2. The van der Waals surface area contributed by atoms with E-state index in [2.05, 4.69) is 29.4 Å². The molecular weight excluding hydrogens is 242 g/mol. The van der Waals surface area contributed by atoms with Crippen LogP contribution in [0, 0.1) is 11.8 Å². The molecule has 0 spiro atoms. The van der Waals surface area contributed by atoms with Gasteiger partial charge < -0.3 is 20.6 Å². The fraction of sp³-hybridized carbons (Fsp3) is 0.929. The van der Waals surface area contributed by atoms with E-state index in [-0.39, 0.29) is 12.6 Å². The molecule has 0 aromatic heterocycles. The highest BCUT2D eigenvalue weighted by atomic mass is 16.3. The molecule has 0 saturated carbocycles. The Kier molecular flexibility index (Phi) is 7.82. The molecule has 0 bridgehead atoms. The van der Waals surface area contributed by atoms with E-state index >= 15 is 0 Å². The molecule has 2 atom stereocenters. The molecule has 0 aromatic carbocycles. The number of urea groups is 1. The Morgan fingerprint density at radius 2 is 1.79 bits per heavy atom. The number of hydrogen-bond donors (Lipinski definition) is 3. The van der Waals surface area contributed by atoms with Crippen LogP contribution in [0.15, 0.2) is 0 Å². The minimum absolute atomic E-state index is 0.0151. The standard InChI is InChI=1S/C14H29N3O2/c1-12-9-13(2)11-17(10-12)7-4-3-5-15-14(19)16-6-8-18/h12-13,18H,3-11H2,1-2H3,(H2,15,16,19). The molecule has 1 heterocycles. The van der Waals surface area contributed by atoms with Gasteiger partial charge in [0.25, 0.3) is 0 Å². The fourth-order valence-corrected chi connectivity index (χ4v) is 2.87. The van der Waals surface area contributed by atoms with Crippen LogP contribution < -0.4 is 10.6 Å². The molecule has 1 aliphatic heterocycles. The maximum Gasteiger partial charge on any atom is 0.314 e. The lowest BCUT2D eigenvalue weighted by molar-refractivity contribution is 0.139. The van der Waals surface area contributed by atoms with E-state index in [4.69, 9.17) is 5.11 Å². The zero-order valence-corrected chi connectivity index (χ0v) is 12.3. The zero-order chi connectivity index (χ0) is 14.1. The molecule has 0 aromatic rings. The van der Waals surface area contributed by atoms with Crippen LogP contribution in [0.5, 0.6) is 0 Å². The van der Waals surface area contributed by atoms with Gasteiger partial charge in [-0.05, 0) is 37.6 Å². The monoisotopic (exact) mass is 271 g/mol. The van der Waals surface area contributed by atoms with Gasteiger partial charge in [-0.2, -0.15) is 0 Å². The molecule has 1 aliphatic rings. The summed E-state index contributed by atoms with van der Waals surface area (Å²) < 4.78 is 0. The molecule has 1 saturated heterocycles. The summed E-state index contributed by atoms with van der Waals surface area (Å²) in [6.07, 6.45) is 3.48. The smallest absolute Gasteiger partial charge is 0.314 e. The lowest BCUT2D eigenvalue weighted by atomic mass is 9.92. The third-order valence-corrected chi connectivity index (χ3v) is 3.53. The first-order chi connectivity index (χ1) is 9.11. The largest absolute Gasteiger partial charge is 0.395 e. The van der Waals surface area contributed by atoms with E-state index in [1.165, 1.54) is 19.5 Å². The number of hydrogen-bond acceptors (Lipinski definition) is 3. The van der Waals surface area contributed by atoms with Crippen LogP contribution in [0.1, 0.15) is 33.1 Å². The average molecular weight is 271 g/mol. The number of aliphatic hydroxyl groups is 1. The van der Waals surface area contributed by atoms with E-state index < -0.39 is 0 Å². The summed E-state index contributed by atoms with van der Waals surface area (Å²) in [6.45, 7) is 9.23. The molecule has 0 aliphatic carbocycles. The second-order valence-corrected chi connectivity index (χ2v) is 5.82. The van der Waals surface area contributed by atoms with Crippen molar-refractivity contribution in [3.8, 4) is 0 Å². The van der Waals surface area contributed by atoms with Crippen molar-refractivity contribution < 1.29 is 9.90 Å². The summed E-state index contributed by atoms with van der Waals surface area (Å²) in [6, 6.07) is -0.186. The highest BCUT2D eigenvalue weighted by Gasteiger charge is 2.20. The first-order valence-corrected chi connectivity index (χ1v) is 7.46. The van der Waals surface area contributed by atoms with Crippen molar-refractivity contribution in [3.63, 3.8) is 0 Å². The number of nitrogens with one attached hydrogen (secondary N) is 2. The second-order valence-electron chi connectivity index (χ2n) is 5.82. The SMILES string of the molecule is CC1CC(C)CN(CCCCNC(=O)NCCO)C1. The van der Waals surface area contributed by atoms with Gasteiger partial charge >= 0.3 is 6.03 Å². The molecule has 5 heteroatoms. The molecule has 1 rings (SSSR count). The Hall–Kier alpha value is -0.810. The van der Waals surface area contributed by atoms with Crippen LogP contribution in [-0.4, -0.2) is 55.4 Å². The van der Waals surface area contributed by atoms with Gasteiger partial charge in [-0.15, -0.1) is 0 Å². The van der Waals surface area contributed by atoms with Gasteiger partial charge in [0.15, 0.2) is 0 Å². The third-order valence-electron chi connectivity index (χ3n) is 3.53. The minimum Gasteiger partial charge on any atom is -0.395 e. The van der Waals surface area contributed by atoms with Crippen LogP contribution in [0.2, 0.25) is 0 Å². The lowest BCUT2D eigenvalue weighted by Crippen LogP contribution is -2.40. The first kappa shape index (κ1) is 16.2. The number of carbonyl (C=O) groups excluding carboxylic acids is 1. The summed E-state index contributed by atoms with van der Waals surface area (Å²) in [5, 5.41) is 13.9. The van der Waals surface area contributed by atoms with Crippen molar-refractivity contribution >= 4 is 6.03 Å². The normalized spacial score (nSPS) is 24.2. The minimum atomic E-state index is -0.186. The number of piperidine rings is 1. The number of carbonyl (C=O) groups is 1. The molecule has 2 amide bonds. The van der Waals surface area contributed by atoms with Gasteiger partial charge in [0.2, 0.25) is 0 Å². The van der Waals surface area contributed by atoms with Crippen molar-refractivity contribution in [1.82, 2.24) is 15.5 Å². The van der Waals surface area contributed by atoms with E-state index in [0.29, 0.717) is 13.1 Å². The number of aliphatic hydroxyl groups excluding tert-OH is 1. The van der Waals surface area contributed by atoms with Crippen molar-refractivity contribution in [2.24, 2.45) is 11.8 Å². The van der Waals surface area contributed by atoms with Gasteiger partial charge in [-0.1, -0.05) is 13.8 Å². The summed E-state index contributed by atoms with van der Waals surface area (Å²) in [7, 11) is 0. The Balaban J connectivity index is 2.00. The molecule has 19 heavy (non-hydrogen) atoms. The Morgan fingerprint density at radius 3 is 2.42 bits per heavy atom. The third kappa shape index (κ3) is 7.38. The van der Waals surface area contributed by atoms with E-state index in [1.807, 2.05) is 0 Å². The van der Waals surface area contributed by atoms with Crippen LogP contribution in [0.4, 0.5) is 4.79 Å². The highest BCUT2D eigenvalue weighted by Crippen LogP contribution is 2.20. The molecule has 2 unspecified atom stereocenters. The highest BCUT2D eigenvalue weighted by molar-refractivity contribution is 5.73. The molecule has 112 valence electrons. The van der Waals surface area contributed by atoms with Gasteiger partial charge in [0.1, 0.15) is 0 Å². The van der Waals surface area contributed by atoms with Crippen molar-refractivity contribution in [3.05, 3.63) is 0 Å². The van der Waals surface area contributed by atoms with Crippen molar-refractivity contribution in [1.29, 1.82) is 0 Å². The summed E-state index contributed by atoms with van der Waals surface area (Å²) in [5.74, 6) is 1.62. The van der Waals surface area contributed by atoms with Crippen LogP contribution in [0.25, 0.3) is 0 Å². The van der Waals surface area contributed by atoms with E-state index in [1.54, 1.807) is 0 Å². The molecule has 1 fully saturated rings. The summed E-state index contributed by atoms with van der Waals surface area (Å²) in [5.41, 5.74) is 0. The van der Waals surface area contributed by atoms with E-state index in [0.717, 1.165) is 31.2 Å². The predicted molar refractivity (Wildman–Crippen MR) is 77.1 cm³/mol. The quantitative estimate of drug-likeness (QED) is 0.606. The summed E-state index contributed by atoms with van der Waals surface area (Å²) in [4.78, 5) is 13.8. The van der Waals surface area contributed by atoms with Gasteiger partial charge in [0, 0.05) is 26.2 Å². The van der Waals surface area contributed by atoms with Crippen LogP contribution >= 0.6 is 0 Å². The number of amides is 2. The molecular formula is C14H29N3O2. The average Bonchev–Trinajstić information content (AvgIpc) is 2.34. The lowest BCUT2D eigenvalue weighted by Gasteiger charge is -2.34. The molecule has 3 N–H and O–H groups in total.